The van der Waals surface area contributed by atoms with Gasteiger partial charge in [0.25, 0.3) is 0 Å². The molecule has 2 fully saturated rings. The van der Waals surface area contributed by atoms with E-state index < -0.39 is 0 Å². The van der Waals surface area contributed by atoms with E-state index in [1.165, 1.54) is 25.7 Å². The molecule has 0 bridgehead atoms. The molecule has 0 saturated heterocycles. The fourth-order valence-electron chi connectivity index (χ4n) is 2.89. The maximum absolute atomic E-state index is 11.8. The van der Waals surface area contributed by atoms with Crippen molar-refractivity contribution in [3.8, 4) is 0 Å². The molecule has 0 aromatic carbocycles. The first-order valence-corrected chi connectivity index (χ1v) is 7.74. The van der Waals surface area contributed by atoms with Gasteiger partial charge in [-0.25, -0.2) is 0 Å². The van der Waals surface area contributed by atoms with Crippen molar-refractivity contribution in [2.45, 2.75) is 58.4 Å². The Hall–Kier alpha value is -0.570. The van der Waals surface area contributed by atoms with Crippen LogP contribution in [0.2, 0.25) is 0 Å². The topological polar surface area (TPSA) is 41.1 Å². The van der Waals surface area contributed by atoms with Gasteiger partial charge in [-0.1, -0.05) is 13.8 Å². The Bertz CT molecular complexity index is 256. The normalized spacial score (nSPS) is 19.6. The van der Waals surface area contributed by atoms with Crippen molar-refractivity contribution >= 4 is 5.91 Å². The zero-order valence-corrected chi connectivity index (χ0v) is 11.9. The molecule has 2 aliphatic rings. The zero-order valence-electron chi connectivity index (χ0n) is 11.9. The second kappa shape index (κ2) is 6.55. The minimum absolute atomic E-state index is 0.161. The minimum atomic E-state index is 0.161. The molecule has 0 aromatic rings. The van der Waals surface area contributed by atoms with Crippen LogP contribution in [0.4, 0.5) is 0 Å². The molecule has 2 N–H and O–H groups in total. The van der Waals surface area contributed by atoms with Crippen molar-refractivity contribution in [1.82, 2.24) is 10.6 Å². The third kappa shape index (κ3) is 4.27. The van der Waals surface area contributed by atoms with Crippen molar-refractivity contribution in [3.63, 3.8) is 0 Å². The summed E-state index contributed by atoms with van der Waals surface area (Å²) >= 11 is 0. The van der Waals surface area contributed by atoms with Gasteiger partial charge < -0.3 is 10.6 Å². The van der Waals surface area contributed by atoms with Gasteiger partial charge >= 0.3 is 0 Å². The van der Waals surface area contributed by atoms with Crippen molar-refractivity contribution in [2.24, 2.45) is 17.8 Å². The third-order valence-electron chi connectivity index (χ3n) is 4.47. The maximum atomic E-state index is 11.8. The highest BCUT2D eigenvalue weighted by Crippen LogP contribution is 2.48. The molecule has 3 nitrogen and oxygen atoms in total. The van der Waals surface area contributed by atoms with Gasteiger partial charge in [-0.05, 0) is 62.8 Å². The quantitative estimate of drug-likeness (QED) is 0.661. The van der Waals surface area contributed by atoms with Crippen LogP contribution >= 0.6 is 0 Å². The summed E-state index contributed by atoms with van der Waals surface area (Å²) in [6.45, 7) is 5.79. The molecule has 0 aliphatic heterocycles. The Kier molecular flexibility index (Phi) is 5.04. The van der Waals surface area contributed by atoms with Gasteiger partial charge in [0, 0.05) is 6.04 Å². The molecular weight excluding hydrogens is 224 g/mol. The SMILES string of the molecule is CCC(CC)NC(=O)CNCC(C1CC1)C1CC1. The summed E-state index contributed by atoms with van der Waals surface area (Å²) in [5.74, 6) is 2.94. The molecule has 18 heavy (non-hydrogen) atoms. The Morgan fingerprint density at radius 3 is 2.11 bits per heavy atom. The fraction of sp³-hybridized carbons (Fsp3) is 0.933. The minimum Gasteiger partial charge on any atom is -0.352 e. The summed E-state index contributed by atoms with van der Waals surface area (Å²) in [5.41, 5.74) is 0. The van der Waals surface area contributed by atoms with E-state index >= 15 is 0 Å². The first-order chi connectivity index (χ1) is 8.74. The fourth-order valence-corrected chi connectivity index (χ4v) is 2.89. The Morgan fingerprint density at radius 2 is 1.67 bits per heavy atom. The molecule has 0 unspecified atom stereocenters. The number of carbonyl (C=O) groups excluding carboxylic acids is 1. The van der Waals surface area contributed by atoms with Crippen LogP contribution in [0.25, 0.3) is 0 Å². The van der Waals surface area contributed by atoms with Crippen LogP contribution in [0.3, 0.4) is 0 Å². The van der Waals surface area contributed by atoms with Gasteiger partial charge in [0.15, 0.2) is 0 Å². The highest BCUT2D eigenvalue weighted by Gasteiger charge is 2.40. The number of carbonyl (C=O) groups is 1. The molecule has 0 radical (unpaired) electrons. The molecule has 2 aliphatic carbocycles. The maximum Gasteiger partial charge on any atom is 0.234 e. The second-order valence-corrected chi connectivity index (χ2v) is 6.05. The Balaban J connectivity index is 1.60. The molecule has 2 rings (SSSR count). The van der Waals surface area contributed by atoms with Crippen LogP contribution in [-0.2, 0) is 4.79 Å². The van der Waals surface area contributed by atoms with Gasteiger partial charge in [0.05, 0.1) is 6.54 Å². The largest absolute Gasteiger partial charge is 0.352 e. The summed E-state index contributed by atoms with van der Waals surface area (Å²) in [6.07, 6.45) is 7.72. The molecule has 0 spiro atoms. The lowest BCUT2D eigenvalue weighted by Gasteiger charge is -2.18. The Morgan fingerprint density at radius 1 is 1.11 bits per heavy atom. The molecule has 2 saturated carbocycles. The predicted molar refractivity (Wildman–Crippen MR) is 74.3 cm³/mol. The summed E-state index contributed by atoms with van der Waals surface area (Å²) in [4.78, 5) is 11.8. The van der Waals surface area contributed by atoms with Gasteiger partial charge in [-0.3, -0.25) is 4.79 Å². The second-order valence-electron chi connectivity index (χ2n) is 6.05. The van der Waals surface area contributed by atoms with Gasteiger partial charge in [0.1, 0.15) is 0 Å². The molecule has 0 aromatic heterocycles. The number of rotatable bonds is 9. The average molecular weight is 252 g/mol. The third-order valence-corrected chi connectivity index (χ3v) is 4.47. The molecule has 104 valence electrons. The van der Waals surface area contributed by atoms with Crippen LogP contribution in [0.1, 0.15) is 52.4 Å². The van der Waals surface area contributed by atoms with Crippen molar-refractivity contribution in [2.75, 3.05) is 13.1 Å². The molecule has 1 amide bonds. The standard InChI is InChI=1S/C15H28N2O/c1-3-13(4-2)17-15(18)10-16-9-14(11-5-6-11)12-7-8-12/h11-14,16H,3-10H2,1-2H3,(H,17,18). The number of hydrogen-bond acceptors (Lipinski definition) is 2. The van der Waals surface area contributed by atoms with Crippen LogP contribution in [0.15, 0.2) is 0 Å². The van der Waals surface area contributed by atoms with E-state index in [9.17, 15) is 4.79 Å². The lowest BCUT2D eigenvalue weighted by Crippen LogP contribution is -2.41. The summed E-state index contributed by atoms with van der Waals surface area (Å²) in [6, 6.07) is 0.349. The number of nitrogens with one attached hydrogen (secondary N) is 2. The van der Waals surface area contributed by atoms with E-state index in [1.54, 1.807) is 0 Å². The van der Waals surface area contributed by atoms with Gasteiger partial charge in [-0.15, -0.1) is 0 Å². The van der Waals surface area contributed by atoms with Crippen LogP contribution < -0.4 is 10.6 Å². The summed E-state index contributed by atoms with van der Waals surface area (Å²) < 4.78 is 0. The lowest BCUT2D eigenvalue weighted by molar-refractivity contribution is -0.121. The van der Waals surface area contributed by atoms with Crippen LogP contribution in [0, 0.1) is 17.8 Å². The van der Waals surface area contributed by atoms with E-state index in [2.05, 4.69) is 24.5 Å². The molecule has 0 atom stereocenters. The first kappa shape index (κ1) is 13.9. The lowest BCUT2D eigenvalue weighted by atomic mass is 9.98. The van der Waals surface area contributed by atoms with Crippen LogP contribution in [0.5, 0.6) is 0 Å². The van der Waals surface area contributed by atoms with Crippen molar-refractivity contribution in [3.05, 3.63) is 0 Å². The molecular formula is C15H28N2O. The smallest absolute Gasteiger partial charge is 0.234 e. The average Bonchev–Trinajstić information content (AvgIpc) is 3.24. The predicted octanol–water partition coefficient (Wildman–Crippen LogP) is 2.32. The van der Waals surface area contributed by atoms with E-state index in [0.29, 0.717) is 12.6 Å². The van der Waals surface area contributed by atoms with Crippen molar-refractivity contribution < 1.29 is 4.79 Å². The summed E-state index contributed by atoms with van der Waals surface area (Å²) in [7, 11) is 0. The van der Waals surface area contributed by atoms with Gasteiger partial charge in [0.2, 0.25) is 5.91 Å². The van der Waals surface area contributed by atoms with E-state index in [1.807, 2.05) is 0 Å². The highest BCUT2D eigenvalue weighted by atomic mass is 16.1. The van der Waals surface area contributed by atoms with Crippen LogP contribution in [-0.4, -0.2) is 25.0 Å². The zero-order chi connectivity index (χ0) is 13.0. The monoisotopic (exact) mass is 252 g/mol. The molecule has 0 heterocycles. The van der Waals surface area contributed by atoms with E-state index in [0.717, 1.165) is 37.1 Å². The molecule has 3 heteroatoms. The summed E-state index contributed by atoms with van der Waals surface area (Å²) in [5, 5.41) is 6.45. The Labute approximate surface area is 111 Å². The highest BCUT2D eigenvalue weighted by molar-refractivity contribution is 5.78. The number of amides is 1. The van der Waals surface area contributed by atoms with E-state index in [4.69, 9.17) is 0 Å². The van der Waals surface area contributed by atoms with E-state index in [-0.39, 0.29) is 5.91 Å². The van der Waals surface area contributed by atoms with Gasteiger partial charge in [-0.2, -0.15) is 0 Å². The van der Waals surface area contributed by atoms with Crippen molar-refractivity contribution in [1.29, 1.82) is 0 Å². The number of hydrogen-bond donors (Lipinski definition) is 2. The first-order valence-electron chi connectivity index (χ1n) is 7.74.